The zero-order valence-corrected chi connectivity index (χ0v) is 17.9. The molecule has 0 aliphatic carbocycles. The highest BCUT2D eigenvalue weighted by Crippen LogP contribution is 2.41. The van der Waals surface area contributed by atoms with Crippen LogP contribution in [0.2, 0.25) is 0 Å². The van der Waals surface area contributed by atoms with Crippen molar-refractivity contribution in [3.8, 4) is 17.1 Å². The Bertz CT molecular complexity index is 937. The van der Waals surface area contributed by atoms with E-state index in [-0.39, 0.29) is 11.8 Å². The molecule has 2 rings (SSSR count). The molecule has 162 valence electrons. The number of carbonyl (C=O) groups is 1. The normalized spacial score (nSPS) is 12.5. The van der Waals surface area contributed by atoms with Crippen molar-refractivity contribution in [2.75, 3.05) is 6.61 Å². The van der Waals surface area contributed by atoms with Crippen LogP contribution < -0.4 is 4.74 Å². The summed E-state index contributed by atoms with van der Waals surface area (Å²) in [4.78, 5) is 10.8. The second-order valence-corrected chi connectivity index (χ2v) is 7.76. The molecule has 6 heteroatoms. The van der Waals surface area contributed by atoms with Crippen LogP contribution in [0.5, 0.6) is 5.75 Å². The highest BCUT2D eigenvalue weighted by Gasteiger charge is 2.22. The molecular weight excluding hydrogens is 390 g/mol. The number of allylic oxidation sites excluding steroid dienone is 2. The van der Waals surface area contributed by atoms with Gasteiger partial charge in [0.05, 0.1) is 11.8 Å². The maximum atomic E-state index is 12.9. The van der Waals surface area contributed by atoms with Gasteiger partial charge in [-0.25, -0.2) is 13.6 Å². The lowest BCUT2D eigenvalue weighted by Gasteiger charge is -2.20. The van der Waals surface area contributed by atoms with Crippen LogP contribution in [0.15, 0.2) is 46.6 Å². The van der Waals surface area contributed by atoms with Gasteiger partial charge in [-0.05, 0) is 47.6 Å². The summed E-state index contributed by atoms with van der Waals surface area (Å²) in [5.41, 5.74) is 3.75. The zero-order chi connectivity index (χ0) is 22.4. The zero-order valence-electron chi connectivity index (χ0n) is 17.9. The summed E-state index contributed by atoms with van der Waals surface area (Å²) in [6, 6.07) is 5.65. The summed E-state index contributed by atoms with van der Waals surface area (Å²) in [6.45, 7) is 9.07. The number of furan rings is 1. The van der Waals surface area contributed by atoms with E-state index < -0.39 is 19.0 Å². The molecule has 2 aromatic rings. The van der Waals surface area contributed by atoms with E-state index in [0.717, 1.165) is 17.2 Å². The van der Waals surface area contributed by atoms with E-state index in [9.17, 15) is 13.6 Å². The molecule has 0 fully saturated rings. The van der Waals surface area contributed by atoms with Gasteiger partial charge in [-0.3, -0.25) is 0 Å². The van der Waals surface area contributed by atoms with Crippen LogP contribution in [0.25, 0.3) is 17.4 Å². The van der Waals surface area contributed by atoms with E-state index in [1.54, 1.807) is 25.1 Å². The molecule has 1 N–H and O–H groups in total. The van der Waals surface area contributed by atoms with Gasteiger partial charge in [-0.15, -0.1) is 0 Å². The molecule has 0 radical (unpaired) electrons. The smallest absolute Gasteiger partial charge is 0.328 e. The van der Waals surface area contributed by atoms with Gasteiger partial charge < -0.3 is 14.3 Å². The largest absolute Gasteiger partial charge is 0.487 e. The molecule has 30 heavy (non-hydrogen) atoms. The van der Waals surface area contributed by atoms with Gasteiger partial charge in [0, 0.05) is 11.6 Å². The third kappa shape index (κ3) is 6.05. The topological polar surface area (TPSA) is 59.7 Å². The van der Waals surface area contributed by atoms with Crippen molar-refractivity contribution in [2.45, 2.75) is 52.9 Å². The maximum Gasteiger partial charge on any atom is 0.328 e. The van der Waals surface area contributed by atoms with Gasteiger partial charge in [0.2, 0.25) is 0 Å². The van der Waals surface area contributed by atoms with Crippen LogP contribution in [-0.4, -0.2) is 24.1 Å². The average Bonchev–Trinajstić information content (AvgIpc) is 3.11. The van der Waals surface area contributed by atoms with Crippen LogP contribution in [0.1, 0.15) is 63.1 Å². The number of rotatable bonds is 9. The van der Waals surface area contributed by atoms with Crippen molar-refractivity contribution in [2.24, 2.45) is 0 Å². The Balaban J connectivity index is 2.64. The van der Waals surface area contributed by atoms with Crippen LogP contribution in [0.4, 0.5) is 8.78 Å². The molecular formula is C24H28F2O4. The molecule has 1 aromatic heterocycles. The second-order valence-electron chi connectivity index (χ2n) is 7.76. The number of aliphatic carboxylic acids is 1. The maximum absolute atomic E-state index is 12.9. The molecule has 0 atom stereocenters. The highest BCUT2D eigenvalue weighted by atomic mass is 19.3. The number of ether oxygens (including phenoxy) is 1. The summed E-state index contributed by atoms with van der Waals surface area (Å²) >= 11 is 0. The monoisotopic (exact) mass is 418 g/mol. The minimum absolute atomic E-state index is 0.0600. The minimum atomic E-state index is -2.59. The lowest BCUT2D eigenvalue weighted by molar-refractivity contribution is -0.131. The van der Waals surface area contributed by atoms with E-state index in [1.165, 1.54) is 6.26 Å². The Hall–Kier alpha value is -2.89. The Morgan fingerprint density at radius 2 is 1.90 bits per heavy atom. The predicted molar refractivity (Wildman–Crippen MR) is 114 cm³/mol. The van der Waals surface area contributed by atoms with E-state index >= 15 is 0 Å². The van der Waals surface area contributed by atoms with E-state index in [0.29, 0.717) is 28.2 Å². The Morgan fingerprint density at radius 1 is 1.20 bits per heavy atom. The van der Waals surface area contributed by atoms with Crippen molar-refractivity contribution in [3.05, 3.63) is 58.9 Å². The van der Waals surface area contributed by atoms with E-state index in [1.807, 2.05) is 26.0 Å². The van der Waals surface area contributed by atoms with Gasteiger partial charge >= 0.3 is 5.97 Å². The lowest BCUT2D eigenvalue weighted by Crippen LogP contribution is -2.10. The van der Waals surface area contributed by atoms with Crippen LogP contribution in [-0.2, 0) is 4.79 Å². The molecule has 0 amide bonds. The highest BCUT2D eigenvalue weighted by molar-refractivity contribution is 5.82. The van der Waals surface area contributed by atoms with Crippen LogP contribution in [0.3, 0.4) is 0 Å². The van der Waals surface area contributed by atoms with Gasteiger partial charge in [0.1, 0.15) is 18.1 Å². The molecule has 1 heterocycles. The average molecular weight is 418 g/mol. The molecule has 0 aliphatic heterocycles. The van der Waals surface area contributed by atoms with Crippen molar-refractivity contribution in [3.63, 3.8) is 0 Å². The van der Waals surface area contributed by atoms with Crippen molar-refractivity contribution < 1.29 is 27.8 Å². The number of alkyl halides is 2. The first-order valence-electron chi connectivity index (χ1n) is 9.86. The van der Waals surface area contributed by atoms with E-state index in [4.69, 9.17) is 14.3 Å². The SMILES string of the molecule is CC(/C=C/c1ccoc1-c1cc(C(C)C)cc(C(C)C)c1OCC(F)F)=C\C(=O)O. The van der Waals surface area contributed by atoms with Crippen LogP contribution >= 0.6 is 0 Å². The van der Waals surface area contributed by atoms with E-state index in [2.05, 4.69) is 13.8 Å². The first-order chi connectivity index (χ1) is 14.1. The van der Waals surface area contributed by atoms with Gasteiger partial charge in [0.25, 0.3) is 6.43 Å². The Kier molecular flexibility index (Phi) is 7.98. The standard InChI is InChI=1S/C24H28F2O4/c1-14(2)18-11-19(15(3)4)24(30-13-21(25)26)20(12-18)23-17(8-9-29-23)7-6-16(5)10-22(27)28/h6-12,14-15,21H,13H2,1-5H3,(H,27,28)/b7-6+,16-10+. The third-order valence-corrected chi connectivity index (χ3v) is 4.60. The minimum Gasteiger partial charge on any atom is -0.487 e. The van der Waals surface area contributed by atoms with Crippen molar-refractivity contribution >= 4 is 12.0 Å². The number of benzene rings is 1. The van der Waals surface area contributed by atoms with Gasteiger partial charge in [0.15, 0.2) is 0 Å². The van der Waals surface area contributed by atoms with Crippen molar-refractivity contribution in [1.82, 2.24) is 0 Å². The fraction of sp³-hybridized carbons (Fsp3) is 0.375. The first kappa shape index (κ1) is 23.4. The number of carboxylic acid groups (broad SMARTS) is 1. The molecule has 0 aliphatic rings. The lowest BCUT2D eigenvalue weighted by atomic mass is 9.90. The predicted octanol–water partition coefficient (Wildman–Crippen LogP) is 6.88. The van der Waals surface area contributed by atoms with Gasteiger partial charge in [-0.1, -0.05) is 45.9 Å². The first-order valence-corrected chi connectivity index (χ1v) is 9.86. The molecule has 0 spiro atoms. The number of carboxylic acids is 1. The number of hydrogen-bond acceptors (Lipinski definition) is 3. The molecule has 0 saturated carbocycles. The number of halogens is 2. The summed E-state index contributed by atoms with van der Waals surface area (Å²) < 4.78 is 37.1. The Morgan fingerprint density at radius 3 is 2.47 bits per heavy atom. The summed E-state index contributed by atoms with van der Waals surface area (Å²) in [5.74, 6) is 0.128. The van der Waals surface area contributed by atoms with Gasteiger partial charge in [-0.2, -0.15) is 0 Å². The second kappa shape index (κ2) is 10.2. The summed E-state index contributed by atoms with van der Waals surface area (Å²) in [6.07, 6.45) is 3.42. The molecule has 0 unspecified atom stereocenters. The molecule has 4 nitrogen and oxygen atoms in total. The third-order valence-electron chi connectivity index (χ3n) is 4.60. The molecule has 0 bridgehead atoms. The Labute approximate surface area is 175 Å². The summed E-state index contributed by atoms with van der Waals surface area (Å²) in [7, 11) is 0. The quantitative estimate of drug-likeness (QED) is 0.356. The molecule has 1 aromatic carbocycles. The van der Waals surface area contributed by atoms with Crippen LogP contribution in [0, 0.1) is 0 Å². The summed E-state index contributed by atoms with van der Waals surface area (Å²) in [5, 5.41) is 8.87. The fourth-order valence-corrected chi connectivity index (χ4v) is 3.05. The van der Waals surface area contributed by atoms with Crippen molar-refractivity contribution in [1.29, 1.82) is 0 Å². The fourth-order valence-electron chi connectivity index (χ4n) is 3.05. The molecule has 0 saturated heterocycles. The number of hydrogen-bond donors (Lipinski definition) is 1.